The van der Waals surface area contributed by atoms with E-state index in [0.29, 0.717) is 17.1 Å². The minimum Gasteiger partial charge on any atom is -0.312 e. The summed E-state index contributed by atoms with van der Waals surface area (Å²) < 4.78 is 0. The largest absolute Gasteiger partial charge is 0.312 e. The van der Waals surface area contributed by atoms with Crippen molar-refractivity contribution in [3.8, 4) is 0 Å². The van der Waals surface area contributed by atoms with E-state index in [1.165, 1.54) is 11.3 Å². The molecule has 0 unspecified atom stereocenters. The Balaban J connectivity index is 1.72. The number of nitrogens with one attached hydrogen (secondary N) is 1. The highest BCUT2D eigenvalue weighted by molar-refractivity contribution is 7.13. The van der Waals surface area contributed by atoms with Gasteiger partial charge in [0.15, 0.2) is 0 Å². The molecular formula is C13H12N4O2S. The third-order valence-corrected chi connectivity index (χ3v) is 3.70. The van der Waals surface area contributed by atoms with Crippen LogP contribution < -0.4 is 10.2 Å². The zero-order chi connectivity index (χ0) is 13.9. The van der Waals surface area contributed by atoms with Crippen molar-refractivity contribution in [3.63, 3.8) is 0 Å². The monoisotopic (exact) mass is 288 g/mol. The highest BCUT2D eigenvalue weighted by Gasteiger charge is 2.21. The number of hydrogen-bond donors (Lipinski definition) is 1. The number of hydrogen-bond acceptors (Lipinski definition) is 5. The Morgan fingerprint density at radius 3 is 2.70 bits per heavy atom. The van der Waals surface area contributed by atoms with Crippen LogP contribution in [0, 0.1) is 0 Å². The van der Waals surface area contributed by atoms with Gasteiger partial charge in [0, 0.05) is 24.2 Å². The first kappa shape index (κ1) is 12.7. The average Bonchev–Trinajstić information content (AvgIpc) is 3.10. The zero-order valence-electron chi connectivity index (χ0n) is 10.6. The molecule has 6 nitrogen and oxygen atoms in total. The van der Waals surface area contributed by atoms with Crippen LogP contribution in [-0.4, -0.2) is 28.6 Å². The van der Waals surface area contributed by atoms with Crippen LogP contribution in [0.1, 0.15) is 23.2 Å². The topological polar surface area (TPSA) is 75.2 Å². The van der Waals surface area contributed by atoms with Gasteiger partial charge in [-0.25, -0.2) is 0 Å². The van der Waals surface area contributed by atoms with Crippen molar-refractivity contribution in [1.82, 2.24) is 10.2 Å². The maximum Gasteiger partial charge on any atom is 0.257 e. The molecule has 1 N–H and O–H groups in total. The number of benzene rings is 1. The molecule has 2 amide bonds. The number of carbonyl (C=O) groups excluding carboxylic acids is 2. The highest BCUT2D eigenvalue weighted by Crippen LogP contribution is 2.22. The molecule has 2 heterocycles. The summed E-state index contributed by atoms with van der Waals surface area (Å²) in [5.74, 6) is -0.0999. The van der Waals surface area contributed by atoms with E-state index in [4.69, 9.17) is 0 Å². The number of rotatable bonds is 3. The fourth-order valence-electron chi connectivity index (χ4n) is 2.11. The molecule has 20 heavy (non-hydrogen) atoms. The van der Waals surface area contributed by atoms with Crippen LogP contribution in [0.15, 0.2) is 29.8 Å². The number of amides is 2. The van der Waals surface area contributed by atoms with Gasteiger partial charge < -0.3 is 4.90 Å². The summed E-state index contributed by atoms with van der Waals surface area (Å²) in [4.78, 5) is 25.3. The normalized spacial score (nSPS) is 14.6. The first-order valence-corrected chi connectivity index (χ1v) is 7.10. The third kappa shape index (κ3) is 2.53. The van der Waals surface area contributed by atoms with E-state index in [9.17, 15) is 9.59 Å². The van der Waals surface area contributed by atoms with Crippen LogP contribution in [-0.2, 0) is 4.79 Å². The van der Waals surface area contributed by atoms with E-state index in [-0.39, 0.29) is 11.8 Å². The lowest BCUT2D eigenvalue weighted by atomic mass is 10.2. The molecular weight excluding hydrogens is 276 g/mol. The molecule has 1 aromatic carbocycles. The predicted octanol–water partition coefficient (Wildman–Crippen LogP) is 1.92. The lowest BCUT2D eigenvalue weighted by molar-refractivity contribution is -0.117. The first-order valence-electron chi connectivity index (χ1n) is 6.22. The Hall–Kier alpha value is -2.28. The van der Waals surface area contributed by atoms with Crippen LogP contribution in [0.5, 0.6) is 0 Å². The van der Waals surface area contributed by atoms with Gasteiger partial charge in [0.05, 0.1) is 0 Å². The molecule has 0 aliphatic carbocycles. The maximum absolute atomic E-state index is 12.0. The second-order valence-corrected chi connectivity index (χ2v) is 5.23. The fraction of sp³-hybridized carbons (Fsp3) is 0.231. The van der Waals surface area contributed by atoms with E-state index in [1.54, 1.807) is 34.7 Å². The van der Waals surface area contributed by atoms with Gasteiger partial charge in [-0.2, -0.15) is 0 Å². The molecule has 0 radical (unpaired) electrons. The summed E-state index contributed by atoms with van der Waals surface area (Å²) in [6, 6.07) is 6.99. The smallest absolute Gasteiger partial charge is 0.257 e. The molecule has 102 valence electrons. The van der Waals surface area contributed by atoms with Crippen LogP contribution in [0.3, 0.4) is 0 Å². The van der Waals surface area contributed by atoms with Gasteiger partial charge in [0.25, 0.3) is 5.91 Å². The maximum atomic E-state index is 12.0. The summed E-state index contributed by atoms with van der Waals surface area (Å²) in [6.07, 6.45) is 1.48. The second-order valence-electron chi connectivity index (χ2n) is 4.39. The first-order chi connectivity index (χ1) is 9.74. The lowest BCUT2D eigenvalue weighted by Gasteiger charge is -2.15. The van der Waals surface area contributed by atoms with Crippen molar-refractivity contribution in [2.75, 3.05) is 16.8 Å². The van der Waals surface area contributed by atoms with Gasteiger partial charge in [-0.3, -0.25) is 14.9 Å². The lowest BCUT2D eigenvalue weighted by Crippen LogP contribution is -2.23. The Labute approximate surface area is 119 Å². The second kappa shape index (κ2) is 5.38. The molecule has 7 heteroatoms. The van der Waals surface area contributed by atoms with Gasteiger partial charge >= 0.3 is 0 Å². The standard InChI is InChI=1S/C13H12N4O2S/c18-11-2-1-7-17(11)10-5-3-9(4-6-10)12(19)15-13-16-14-8-20-13/h3-6,8H,1-2,7H2,(H,15,16,19). The van der Waals surface area contributed by atoms with Gasteiger partial charge in [-0.1, -0.05) is 11.3 Å². The molecule has 1 aromatic heterocycles. The summed E-state index contributed by atoms with van der Waals surface area (Å²) in [5.41, 5.74) is 2.91. The molecule has 1 saturated heterocycles. The molecule has 0 atom stereocenters. The minimum absolute atomic E-state index is 0.135. The van der Waals surface area contributed by atoms with Crippen LogP contribution in [0.25, 0.3) is 0 Å². The Morgan fingerprint density at radius 1 is 1.30 bits per heavy atom. The molecule has 1 aliphatic heterocycles. The number of nitrogens with zero attached hydrogens (tertiary/aromatic N) is 3. The SMILES string of the molecule is O=C(Nc1nncs1)c1ccc(N2CCCC2=O)cc1. The number of aromatic nitrogens is 2. The average molecular weight is 288 g/mol. The molecule has 0 bridgehead atoms. The van der Waals surface area contributed by atoms with E-state index < -0.39 is 0 Å². The number of anilines is 2. The van der Waals surface area contributed by atoms with E-state index >= 15 is 0 Å². The van der Waals surface area contributed by atoms with Crippen molar-refractivity contribution in [2.45, 2.75) is 12.8 Å². The van der Waals surface area contributed by atoms with Crippen molar-refractivity contribution < 1.29 is 9.59 Å². The van der Waals surface area contributed by atoms with Crippen molar-refractivity contribution in [2.24, 2.45) is 0 Å². The predicted molar refractivity (Wildman–Crippen MR) is 75.9 cm³/mol. The van der Waals surface area contributed by atoms with Crippen LogP contribution in [0.2, 0.25) is 0 Å². The van der Waals surface area contributed by atoms with Gasteiger partial charge in [-0.05, 0) is 30.7 Å². The Kier molecular flexibility index (Phi) is 3.42. The molecule has 1 fully saturated rings. The van der Waals surface area contributed by atoms with E-state index in [0.717, 1.165) is 18.7 Å². The Morgan fingerprint density at radius 2 is 2.10 bits per heavy atom. The number of carbonyl (C=O) groups is 2. The van der Waals surface area contributed by atoms with Crippen molar-refractivity contribution in [3.05, 3.63) is 35.3 Å². The zero-order valence-corrected chi connectivity index (χ0v) is 11.4. The fourth-order valence-corrected chi connectivity index (χ4v) is 2.55. The summed E-state index contributed by atoms with van der Waals surface area (Å²) >= 11 is 1.26. The van der Waals surface area contributed by atoms with Gasteiger partial charge in [0.1, 0.15) is 5.51 Å². The molecule has 1 aliphatic rings. The molecule has 3 rings (SSSR count). The van der Waals surface area contributed by atoms with Gasteiger partial charge in [-0.15, -0.1) is 10.2 Å². The van der Waals surface area contributed by atoms with E-state index in [1.807, 2.05) is 0 Å². The molecule has 2 aromatic rings. The summed E-state index contributed by atoms with van der Waals surface area (Å²) in [6.45, 7) is 0.745. The summed E-state index contributed by atoms with van der Waals surface area (Å²) in [7, 11) is 0. The molecule has 0 spiro atoms. The highest BCUT2D eigenvalue weighted by atomic mass is 32.1. The van der Waals surface area contributed by atoms with E-state index in [2.05, 4.69) is 15.5 Å². The third-order valence-electron chi connectivity index (χ3n) is 3.10. The van der Waals surface area contributed by atoms with Gasteiger partial charge in [0.2, 0.25) is 11.0 Å². The minimum atomic E-state index is -0.235. The Bertz CT molecular complexity index is 624. The quantitative estimate of drug-likeness (QED) is 0.936. The van der Waals surface area contributed by atoms with Crippen molar-refractivity contribution >= 4 is 34.0 Å². The van der Waals surface area contributed by atoms with Crippen LogP contribution in [0.4, 0.5) is 10.8 Å². The summed E-state index contributed by atoms with van der Waals surface area (Å²) in [5, 5.41) is 10.5. The van der Waals surface area contributed by atoms with Crippen molar-refractivity contribution in [1.29, 1.82) is 0 Å². The van der Waals surface area contributed by atoms with Crippen LogP contribution >= 0.6 is 11.3 Å². The molecule has 0 saturated carbocycles.